The van der Waals surface area contributed by atoms with E-state index in [1.54, 1.807) is 0 Å². The molecule has 1 aromatic heterocycles. The van der Waals surface area contributed by atoms with E-state index in [9.17, 15) is 18.0 Å². The summed E-state index contributed by atoms with van der Waals surface area (Å²) in [6.45, 7) is 0. The van der Waals surface area contributed by atoms with E-state index in [2.05, 4.69) is 9.82 Å². The highest BCUT2D eigenvalue weighted by atomic mass is 19.4. The maximum absolute atomic E-state index is 12.7. The molecule has 1 N–H and O–H groups in total. The lowest BCUT2D eigenvalue weighted by molar-refractivity contribution is -0.136. The van der Waals surface area contributed by atoms with E-state index in [1.807, 2.05) is 0 Å². The molecule has 7 heteroatoms. The van der Waals surface area contributed by atoms with Gasteiger partial charge in [0.25, 0.3) is 0 Å². The highest BCUT2D eigenvalue weighted by Crippen LogP contribution is 2.33. The van der Waals surface area contributed by atoms with Crippen molar-refractivity contribution in [3.63, 3.8) is 0 Å². The predicted octanol–water partition coefficient (Wildman–Crippen LogP) is 1.41. The molecule has 0 radical (unpaired) electrons. The fourth-order valence-electron chi connectivity index (χ4n) is 1.53. The monoisotopic (exact) mass is 232 g/mol. The van der Waals surface area contributed by atoms with E-state index < -0.39 is 17.4 Å². The van der Waals surface area contributed by atoms with E-state index in [4.69, 9.17) is 0 Å². The standard InChI is InChI=1S/C9H7F3N2O2/c1-16-14-7-5(9(10,11)12)3-2-4-6(7)13-8(14)15/h2-4H,1H3,(H,13,15). The van der Waals surface area contributed by atoms with Crippen LogP contribution in [-0.2, 0) is 6.18 Å². The molecule has 0 aliphatic heterocycles. The minimum absolute atomic E-state index is 0.0849. The molecule has 0 aliphatic rings. The third kappa shape index (κ3) is 1.44. The number of alkyl halides is 3. The molecule has 86 valence electrons. The summed E-state index contributed by atoms with van der Waals surface area (Å²) in [5.74, 6) is 0. The fourth-order valence-corrected chi connectivity index (χ4v) is 1.53. The second kappa shape index (κ2) is 3.29. The first kappa shape index (κ1) is 10.6. The lowest BCUT2D eigenvalue weighted by Gasteiger charge is -2.09. The molecule has 1 aromatic carbocycles. The van der Waals surface area contributed by atoms with Crippen LogP contribution in [0.1, 0.15) is 5.56 Å². The van der Waals surface area contributed by atoms with Crippen LogP contribution in [0.5, 0.6) is 0 Å². The molecule has 0 aliphatic carbocycles. The number of hydrogen-bond donors (Lipinski definition) is 1. The van der Waals surface area contributed by atoms with Gasteiger partial charge in [-0.25, -0.2) is 4.79 Å². The molecule has 1 heterocycles. The van der Waals surface area contributed by atoms with Crippen LogP contribution < -0.4 is 10.5 Å². The molecule has 0 amide bonds. The van der Waals surface area contributed by atoms with Gasteiger partial charge in [0, 0.05) is 0 Å². The largest absolute Gasteiger partial charge is 0.418 e. The summed E-state index contributed by atoms with van der Waals surface area (Å²) in [5, 5.41) is 0. The number of rotatable bonds is 1. The van der Waals surface area contributed by atoms with Crippen molar-refractivity contribution >= 4 is 11.0 Å². The van der Waals surface area contributed by atoms with Gasteiger partial charge in [-0.15, -0.1) is 4.73 Å². The van der Waals surface area contributed by atoms with Crippen LogP contribution in [0.4, 0.5) is 13.2 Å². The summed E-state index contributed by atoms with van der Waals surface area (Å²) in [6, 6.07) is 3.49. The van der Waals surface area contributed by atoms with Crippen molar-refractivity contribution < 1.29 is 18.0 Å². The molecule has 0 saturated heterocycles. The summed E-state index contributed by atoms with van der Waals surface area (Å²) in [5.41, 5.74) is -1.87. The molecule has 0 bridgehead atoms. The molecular formula is C9H7F3N2O2. The lowest BCUT2D eigenvalue weighted by atomic mass is 10.2. The SMILES string of the molecule is COn1c(=O)[nH]c2cccc(C(F)(F)F)c21. The van der Waals surface area contributed by atoms with Crippen LogP contribution >= 0.6 is 0 Å². The second-order valence-electron chi connectivity index (χ2n) is 3.11. The van der Waals surface area contributed by atoms with Gasteiger partial charge < -0.3 is 9.82 Å². The number of nitrogens with zero attached hydrogens (tertiary/aromatic N) is 1. The number of H-pyrrole nitrogens is 1. The molecule has 0 fully saturated rings. The highest BCUT2D eigenvalue weighted by molar-refractivity contribution is 5.79. The number of aromatic amines is 1. The summed E-state index contributed by atoms with van der Waals surface area (Å²) < 4.78 is 38.6. The maximum atomic E-state index is 12.7. The van der Waals surface area contributed by atoms with E-state index in [-0.39, 0.29) is 11.0 Å². The Morgan fingerprint density at radius 2 is 2.06 bits per heavy atom. The van der Waals surface area contributed by atoms with E-state index >= 15 is 0 Å². The first-order valence-electron chi connectivity index (χ1n) is 4.30. The van der Waals surface area contributed by atoms with E-state index in [1.165, 1.54) is 12.1 Å². The molecule has 0 spiro atoms. The van der Waals surface area contributed by atoms with Gasteiger partial charge in [-0.2, -0.15) is 13.2 Å². The first-order chi connectivity index (χ1) is 7.45. The van der Waals surface area contributed by atoms with Gasteiger partial charge in [0.15, 0.2) is 0 Å². The summed E-state index contributed by atoms with van der Waals surface area (Å²) >= 11 is 0. The topological polar surface area (TPSA) is 47.0 Å². The van der Waals surface area contributed by atoms with Crippen molar-refractivity contribution in [2.75, 3.05) is 7.11 Å². The zero-order chi connectivity index (χ0) is 11.9. The number of aromatic nitrogens is 2. The van der Waals surface area contributed by atoms with Gasteiger partial charge in [-0.05, 0) is 12.1 Å². The van der Waals surface area contributed by atoms with Gasteiger partial charge in [-0.3, -0.25) is 0 Å². The van der Waals surface area contributed by atoms with Crippen molar-refractivity contribution in [2.45, 2.75) is 6.18 Å². The van der Waals surface area contributed by atoms with Gasteiger partial charge in [0.2, 0.25) is 0 Å². The Morgan fingerprint density at radius 3 is 2.62 bits per heavy atom. The highest BCUT2D eigenvalue weighted by Gasteiger charge is 2.34. The van der Waals surface area contributed by atoms with Crippen LogP contribution in [0.25, 0.3) is 11.0 Å². The van der Waals surface area contributed by atoms with Crippen LogP contribution in [0, 0.1) is 0 Å². The summed E-state index contributed by atoms with van der Waals surface area (Å²) in [6.07, 6.45) is -4.53. The van der Waals surface area contributed by atoms with Crippen molar-refractivity contribution in [3.05, 3.63) is 34.2 Å². The van der Waals surface area contributed by atoms with Gasteiger partial charge in [0.1, 0.15) is 12.6 Å². The Hall–Kier alpha value is -1.92. The van der Waals surface area contributed by atoms with E-state index in [0.717, 1.165) is 13.2 Å². The smallest absolute Gasteiger partial charge is 0.412 e. The Kier molecular flexibility index (Phi) is 2.18. The zero-order valence-electron chi connectivity index (χ0n) is 8.13. The average molecular weight is 232 g/mol. The minimum Gasteiger partial charge on any atom is -0.412 e. The summed E-state index contributed by atoms with van der Waals surface area (Å²) in [7, 11) is 1.13. The van der Waals surface area contributed by atoms with Crippen molar-refractivity contribution in [2.24, 2.45) is 0 Å². The molecular weight excluding hydrogens is 225 g/mol. The third-order valence-corrected chi connectivity index (χ3v) is 2.15. The number of fused-ring (bicyclic) bond motifs is 1. The molecule has 4 nitrogen and oxygen atoms in total. The number of benzene rings is 1. The molecule has 0 atom stereocenters. The van der Waals surface area contributed by atoms with Gasteiger partial charge in [0.05, 0.1) is 11.1 Å². The van der Waals surface area contributed by atoms with Crippen molar-refractivity contribution in [1.29, 1.82) is 0 Å². The number of imidazole rings is 1. The fraction of sp³-hybridized carbons (Fsp3) is 0.222. The van der Waals surface area contributed by atoms with Gasteiger partial charge >= 0.3 is 11.9 Å². The second-order valence-corrected chi connectivity index (χ2v) is 3.11. The Labute approximate surface area is 87.2 Å². The Morgan fingerprint density at radius 1 is 1.38 bits per heavy atom. The zero-order valence-corrected chi connectivity index (χ0v) is 8.13. The molecule has 2 rings (SSSR count). The average Bonchev–Trinajstić information content (AvgIpc) is 2.51. The minimum atomic E-state index is -4.53. The third-order valence-electron chi connectivity index (χ3n) is 2.15. The Balaban J connectivity index is 2.90. The normalized spacial score (nSPS) is 12.0. The van der Waals surface area contributed by atoms with Crippen LogP contribution in [0.2, 0.25) is 0 Å². The van der Waals surface area contributed by atoms with E-state index in [0.29, 0.717) is 4.73 Å². The van der Waals surface area contributed by atoms with Crippen LogP contribution in [0.3, 0.4) is 0 Å². The molecule has 0 saturated carbocycles. The Bertz CT molecular complexity index is 582. The number of nitrogens with one attached hydrogen (secondary N) is 1. The molecule has 0 unspecified atom stereocenters. The van der Waals surface area contributed by atoms with Gasteiger partial charge in [-0.1, -0.05) is 6.07 Å². The molecule has 2 aromatic rings. The van der Waals surface area contributed by atoms with Crippen LogP contribution in [-0.4, -0.2) is 16.8 Å². The van der Waals surface area contributed by atoms with Crippen molar-refractivity contribution in [3.8, 4) is 0 Å². The lowest BCUT2D eigenvalue weighted by Crippen LogP contribution is -2.23. The number of hydrogen-bond acceptors (Lipinski definition) is 2. The predicted molar refractivity (Wildman–Crippen MR) is 50.1 cm³/mol. The maximum Gasteiger partial charge on any atom is 0.418 e. The van der Waals surface area contributed by atoms with Crippen LogP contribution in [0.15, 0.2) is 23.0 Å². The molecule has 16 heavy (non-hydrogen) atoms. The summed E-state index contributed by atoms with van der Waals surface area (Å²) in [4.78, 5) is 18.1. The quantitative estimate of drug-likeness (QED) is 0.807. The number of halogens is 3. The first-order valence-corrected chi connectivity index (χ1v) is 4.30. The number of para-hydroxylation sites is 1. The van der Waals surface area contributed by atoms with Crippen molar-refractivity contribution in [1.82, 2.24) is 9.71 Å².